The molecule has 0 saturated carbocycles. The molecule has 0 radical (unpaired) electrons. The molecule has 0 unspecified atom stereocenters. The van der Waals surface area contributed by atoms with E-state index in [-0.39, 0.29) is 24.1 Å². The monoisotopic (exact) mass is 397 g/mol. The molecular formula is C18H24ClN3O3S. The fraction of sp³-hybridized carbons (Fsp3) is 0.278. The predicted octanol–water partition coefficient (Wildman–Crippen LogP) is 3.41. The number of benzene rings is 2. The lowest BCUT2D eigenvalue weighted by Crippen LogP contribution is -2.16. The van der Waals surface area contributed by atoms with Gasteiger partial charge in [0.1, 0.15) is 0 Å². The molecule has 0 aromatic heterocycles. The molecule has 2 aromatic carbocycles. The molecule has 142 valence electrons. The van der Waals surface area contributed by atoms with E-state index in [9.17, 15) is 13.2 Å². The lowest BCUT2D eigenvalue weighted by atomic mass is 10.1. The standard InChI is InChI=1S/C18H23N3O3S.ClH/c1-2-12-25(23,24)21-16-8-5-7-15(13-16)20-18(22)11-10-14-6-3-4-9-17(14)19;/h3-9,13,21H,2,10-12,19H2,1H3,(H,20,22);1H. The number of nitrogen functional groups attached to an aromatic ring is 1. The second kappa shape index (κ2) is 10.0. The maximum atomic E-state index is 12.1. The van der Waals surface area contributed by atoms with Crippen LogP contribution in [0.25, 0.3) is 0 Å². The largest absolute Gasteiger partial charge is 0.399 e. The van der Waals surface area contributed by atoms with Crippen LogP contribution in [0.3, 0.4) is 0 Å². The van der Waals surface area contributed by atoms with E-state index in [1.807, 2.05) is 18.2 Å². The molecule has 4 N–H and O–H groups in total. The van der Waals surface area contributed by atoms with Crippen LogP contribution >= 0.6 is 12.4 Å². The fourth-order valence-corrected chi connectivity index (χ4v) is 3.52. The first-order chi connectivity index (χ1) is 11.9. The van der Waals surface area contributed by atoms with Crippen LogP contribution in [0, 0.1) is 0 Å². The van der Waals surface area contributed by atoms with Gasteiger partial charge in [-0.1, -0.05) is 31.2 Å². The first-order valence-corrected chi connectivity index (χ1v) is 9.78. The van der Waals surface area contributed by atoms with E-state index < -0.39 is 10.0 Å². The Bertz CT molecular complexity index is 841. The first kappa shape index (κ1) is 21.8. The second-order valence-corrected chi connectivity index (χ2v) is 7.59. The lowest BCUT2D eigenvalue weighted by molar-refractivity contribution is -0.116. The highest BCUT2D eigenvalue weighted by atomic mass is 35.5. The minimum Gasteiger partial charge on any atom is -0.399 e. The van der Waals surface area contributed by atoms with Gasteiger partial charge in [0, 0.05) is 17.8 Å². The number of hydrogen-bond donors (Lipinski definition) is 3. The van der Waals surface area contributed by atoms with Crippen LogP contribution in [-0.2, 0) is 21.2 Å². The second-order valence-electron chi connectivity index (χ2n) is 5.75. The van der Waals surface area contributed by atoms with Gasteiger partial charge in [-0.3, -0.25) is 9.52 Å². The molecule has 0 aliphatic carbocycles. The van der Waals surface area contributed by atoms with Crippen molar-refractivity contribution in [3.05, 3.63) is 54.1 Å². The summed E-state index contributed by atoms with van der Waals surface area (Å²) in [7, 11) is -3.36. The van der Waals surface area contributed by atoms with Gasteiger partial charge in [0.15, 0.2) is 0 Å². The number of rotatable bonds is 8. The summed E-state index contributed by atoms with van der Waals surface area (Å²) in [5.41, 5.74) is 8.44. The molecular weight excluding hydrogens is 374 g/mol. The number of sulfonamides is 1. The van der Waals surface area contributed by atoms with Crippen molar-refractivity contribution in [2.45, 2.75) is 26.2 Å². The van der Waals surface area contributed by atoms with Crippen molar-refractivity contribution in [2.75, 3.05) is 21.5 Å². The number of anilines is 3. The van der Waals surface area contributed by atoms with Crippen LogP contribution in [0.15, 0.2) is 48.5 Å². The molecule has 0 bridgehead atoms. The van der Waals surface area contributed by atoms with Gasteiger partial charge in [0.25, 0.3) is 0 Å². The molecule has 0 atom stereocenters. The lowest BCUT2D eigenvalue weighted by Gasteiger charge is -2.10. The summed E-state index contributed by atoms with van der Waals surface area (Å²) in [5.74, 6) is -0.0981. The average molecular weight is 398 g/mol. The molecule has 2 aromatic rings. The highest BCUT2D eigenvalue weighted by Crippen LogP contribution is 2.18. The van der Waals surface area contributed by atoms with Crippen molar-refractivity contribution in [1.82, 2.24) is 0 Å². The van der Waals surface area contributed by atoms with Gasteiger partial charge in [0.05, 0.1) is 11.4 Å². The van der Waals surface area contributed by atoms with Crippen molar-refractivity contribution < 1.29 is 13.2 Å². The molecule has 0 heterocycles. The number of aryl methyl sites for hydroxylation is 1. The van der Waals surface area contributed by atoms with Gasteiger partial charge in [-0.25, -0.2) is 8.42 Å². The molecule has 0 fully saturated rings. The molecule has 26 heavy (non-hydrogen) atoms. The first-order valence-electron chi connectivity index (χ1n) is 8.13. The number of nitrogens with one attached hydrogen (secondary N) is 2. The summed E-state index contributed by atoms with van der Waals surface area (Å²) >= 11 is 0. The van der Waals surface area contributed by atoms with E-state index in [2.05, 4.69) is 10.0 Å². The predicted molar refractivity (Wildman–Crippen MR) is 109 cm³/mol. The molecule has 6 nitrogen and oxygen atoms in total. The van der Waals surface area contributed by atoms with Crippen LogP contribution in [0.5, 0.6) is 0 Å². The van der Waals surface area contributed by atoms with Gasteiger partial charge in [0.2, 0.25) is 15.9 Å². The molecule has 2 rings (SSSR count). The van der Waals surface area contributed by atoms with E-state index in [1.54, 1.807) is 37.3 Å². The van der Waals surface area contributed by atoms with Crippen molar-refractivity contribution in [3.63, 3.8) is 0 Å². The Morgan fingerprint density at radius 1 is 1.08 bits per heavy atom. The number of nitrogens with two attached hydrogens (primary N) is 1. The van der Waals surface area contributed by atoms with Crippen LogP contribution in [0.4, 0.5) is 17.1 Å². The Kier molecular flexibility index (Phi) is 8.41. The van der Waals surface area contributed by atoms with Crippen LogP contribution in [-0.4, -0.2) is 20.1 Å². The molecule has 0 aliphatic heterocycles. The minimum absolute atomic E-state index is 0. The normalized spacial score (nSPS) is 10.7. The van der Waals surface area contributed by atoms with Crippen LogP contribution < -0.4 is 15.8 Å². The summed E-state index contributed by atoms with van der Waals surface area (Å²) in [6.07, 6.45) is 1.37. The number of para-hydroxylation sites is 1. The van der Waals surface area contributed by atoms with E-state index in [1.165, 1.54) is 0 Å². The van der Waals surface area contributed by atoms with Crippen LogP contribution in [0.1, 0.15) is 25.3 Å². The number of carbonyl (C=O) groups excluding carboxylic acids is 1. The van der Waals surface area contributed by atoms with Gasteiger partial charge in [-0.15, -0.1) is 12.4 Å². The molecule has 0 saturated heterocycles. The SMILES string of the molecule is CCCS(=O)(=O)Nc1cccc(NC(=O)CCc2ccccc2N)c1.Cl. The zero-order chi connectivity index (χ0) is 18.3. The Balaban J connectivity index is 0.00000338. The number of amides is 1. The number of halogens is 1. The summed E-state index contributed by atoms with van der Waals surface area (Å²) < 4.78 is 26.1. The Morgan fingerprint density at radius 3 is 2.46 bits per heavy atom. The molecule has 0 aliphatic rings. The van der Waals surface area contributed by atoms with Gasteiger partial charge in [-0.2, -0.15) is 0 Å². The zero-order valence-corrected chi connectivity index (χ0v) is 16.2. The van der Waals surface area contributed by atoms with Crippen molar-refractivity contribution >= 4 is 45.4 Å². The maximum absolute atomic E-state index is 12.1. The minimum atomic E-state index is -3.36. The van der Waals surface area contributed by atoms with Gasteiger partial charge >= 0.3 is 0 Å². The highest BCUT2D eigenvalue weighted by Gasteiger charge is 2.10. The third-order valence-electron chi connectivity index (χ3n) is 3.57. The fourth-order valence-electron chi connectivity index (χ4n) is 2.39. The topological polar surface area (TPSA) is 101 Å². The zero-order valence-electron chi connectivity index (χ0n) is 14.6. The number of carbonyl (C=O) groups is 1. The smallest absolute Gasteiger partial charge is 0.232 e. The summed E-state index contributed by atoms with van der Waals surface area (Å²) in [6.45, 7) is 1.80. The highest BCUT2D eigenvalue weighted by molar-refractivity contribution is 7.92. The Labute approximate surface area is 160 Å². The van der Waals surface area contributed by atoms with E-state index >= 15 is 0 Å². The van der Waals surface area contributed by atoms with Crippen LogP contribution in [0.2, 0.25) is 0 Å². The van der Waals surface area contributed by atoms with Crippen molar-refractivity contribution in [2.24, 2.45) is 0 Å². The summed E-state index contributed by atoms with van der Waals surface area (Å²) in [6, 6.07) is 14.1. The van der Waals surface area contributed by atoms with Gasteiger partial charge < -0.3 is 11.1 Å². The quantitative estimate of drug-likeness (QED) is 0.594. The van der Waals surface area contributed by atoms with E-state index in [0.29, 0.717) is 36.3 Å². The summed E-state index contributed by atoms with van der Waals surface area (Å²) in [5, 5.41) is 2.78. The van der Waals surface area contributed by atoms with Crippen molar-refractivity contribution in [3.8, 4) is 0 Å². The summed E-state index contributed by atoms with van der Waals surface area (Å²) in [4.78, 5) is 12.1. The van der Waals surface area contributed by atoms with E-state index in [4.69, 9.17) is 5.73 Å². The number of hydrogen-bond acceptors (Lipinski definition) is 4. The molecule has 8 heteroatoms. The third kappa shape index (κ3) is 6.93. The third-order valence-corrected chi connectivity index (χ3v) is 5.06. The van der Waals surface area contributed by atoms with E-state index in [0.717, 1.165) is 5.56 Å². The maximum Gasteiger partial charge on any atom is 0.232 e. The molecule has 1 amide bonds. The Hall–Kier alpha value is -2.25. The Morgan fingerprint density at radius 2 is 1.77 bits per heavy atom. The molecule has 0 spiro atoms. The van der Waals surface area contributed by atoms with Gasteiger partial charge in [-0.05, 0) is 42.7 Å². The average Bonchev–Trinajstić information content (AvgIpc) is 2.54. The van der Waals surface area contributed by atoms with Crippen molar-refractivity contribution in [1.29, 1.82) is 0 Å².